The van der Waals surface area contributed by atoms with E-state index in [-0.39, 0.29) is 29.8 Å². The van der Waals surface area contributed by atoms with Crippen molar-refractivity contribution in [2.24, 2.45) is 11.1 Å². The van der Waals surface area contributed by atoms with Gasteiger partial charge in [-0.25, -0.2) is 0 Å². The predicted octanol–water partition coefficient (Wildman–Crippen LogP) is -0.0435. The minimum absolute atomic E-state index is 0.0455. The van der Waals surface area contributed by atoms with Gasteiger partial charge in [0.2, 0.25) is 11.8 Å². The summed E-state index contributed by atoms with van der Waals surface area (Å²) in [7, 11) is 0. The Morgan fingerprint density at radius 3 is 2.45 bits per heavy atom. The lowest BCUT2D eigenvalue weighted by Crippen LogP contribution is -2.49. The summed E-state index contributed by atoms with van der Waals surface area (Å²) >= 11 is 4.01. The summed E-state index contributed by atoms with van der Waals surface area (Å²) in [5.41, 5.74) is 6.56. The molecule has 0 saturated heterocycles. The number of carbonyl (C=O) groups excluding carboxylic acids is 4. The smallest absolute Gasteiger partial charge is 0.326 e. The first kappa shape index (κ1) is 26.6. The van der Waals surface area contributed by atoms with E-state index in [9.17, 15) is 24.0 Å². The molecule has 3 atom stereocenters. The number of ether oxygens (including phenoxy) is 1. The number of nitrogens with one attached hydrogen (secondary N) is 2. The topological polar surface area (TPSA) is 165 Å². The van der Waals surface area contributed by atoms with Gasteiger partial charge in [-0.3, -0.25) is 24.0 Å². The van der Waals surface area contributed by atoms with Crippen LogP contribution in [0.4, 0.5) is 0 Å². The number of rotatable bonds is 10. The van der Waals surface area contributed by atoms with E-state index >= 15 is 0 Å². The van der Waals surface area contributed by atoms with E-state index in [2.05, 4.69) is 23.3 Å². The monoisotopic (exact) mass is 457 g/mol. The first-order valence-electron chi connectivity index (χ1n) is 9.88. The molecule has 0 fully saturated rings. The Bertz CT molecular complexity index is 779. The Hall–Kier alpha value is -2.40. The maximum atomic E-state index is 12.4. The van der Waals surface area contributed by atoms with Crippen LogP contribution in [0.1, 0.15) is 47.0 Å². The Morgan fingerprint density at radius 2 is 1.90 bits per heavy atom. The van der Waals surface area contributed by atoms with Crippen molar-refractivity contribution in [3.8, 4) is 0 Å². The summed E-state index contributed by atoms with van der Waals surface area (Å²) in [6, 6.07) is -2.22. The highest BCUT2D eigenvalue weighted by Crippen LogP contribution is 2.39. The van der Waals surface area contributed by atoms with Crippen molar-refractivity contribution in [3.05, 3.63) is 11.1 Å². The van der Waals surface area contributed by atoms with Crippen molar-refractivity contribution >= 4 is 42.2 Å². The van der Waals surface area contributed by atoms with Gasteiger partial charge in [-0.1, -0.05) is 19.4 Å². The van der Waals surface area contributed by atoms with Crippen LogP contribution in [0.5, 0.6) is 0 Å². The molecule has 10 nitrogen and oxygen atoms in total. The average molecular weight is 458 g/mol. The molecule has 0 radical (unpaired) electrons. The molecular formula is C20H31N3O7S. The van der Waals surface area contributed by atoms with E-state index in [4.69, 9.17) is 15.6 Å². The molecule has 1 rings (SSSR count). The Balaban J connectivity index is 2.54. The number of aliphatic carboxylic acids is 1. The van der Waals surface area contributed by atoms with E-state index in [1.54, 1.807) is 6.92 Å². The fourth-order valence-electron chi connectivity index (χ4n) is 3.09. The number of carbonyl (C=O) groups is 5. The molecule has 0 saturated carbocycles. The Kier molecular flexibility index (Phi) is 9.70. The lowest BCUT2D eigenvalue weighted by molar-refractivity contribution is -0.155. The second-order valence-electron chi connectivity index (χ2n) is 8.18. The number of hydrogen-bond donors (Lipinski definition) is 5. The molecule has 0 heterocycles. The van der Waals surface area contributed by atoms with Gasteiger partial charge in [-0.2, -0.15) is 12.6 Å². The van der Waals surface area contributed by atoms with Gasteiger partial charge in [0.1, 0.15) is 18.6 Å². The summed E-state index contributed by atoms with van der Waals surface area (Å²) in [5.74, 6) is -3.53. The van der Waals surface area contributed by atoms with Gasteiger partial charge in [0.05, 0.1) is 0 Å². The Morgan fingerprint density at radius 1 is 1.29 bits per heavy atom. The van der Waals surface area contributed by atoms with Gasteiger partial charge in [0.25, 0.3) is 0 Å². The number of Topliss-reactive ketones (excluding diaryl/α,β-unsaturated/α-hetero) is 1. The number of allylic oxidation sites excluding steroid dienone is 1. The molecule has 0 spiro atoms. The van der Waals surface area contributed by atoms with Crippen LogP contribution in [0.15, 0.2) is 11.1 Å². The summed E-state index contributed by atoms with van der Waals surface area (Å²) in [6.45, 7) is 7.03. The molecule has 174 valence electrons. The number of nitrogens with two attached hydrogens (primary N) is 1. The zero-order valence-electron chi connectivity index (χ0n) is 18.2. The van der Waals surface area contributed by atoms with E-state index in [0.29, 0.717) is 12.0 Å². The molecule has 2 amide bonds. The molecule has 5 N–H and O–H groups in total. The third kappa shape index (κ3) is 7.66. The third-order valence-corrected chi connectivity index (χ3v) is 5.82. The van der Waals surface area contributed by atoms with Crippen molar-refractivity contribution < 1.29 is 33.8 Å². The third-order valence-electron chi connectivity index (χ3n) is 5.45. The maximum Gasteiger partial charge on any atom is 0.326 e. The number of amides is 2. The largest absolute Gasteiger partial charge is 0.480 e. The second kappa shape index (κ2) is 11.3. The first-order chi connectivity index (χ1) is 14.3. The molecule has 0 aromatic carbocycles. The molecule has 0 aromatic rings. The molecule has 0 bridgehead atoms. The molecule has 1 aliphatic rings. The van der Waals surface area contributed by atoms with Crippen molar-refractivity contribution in [3.63, 3.8) is 0 Å². The first-order valence-corrected chi connectivity index (χ1v) is 10.5. The number of carboxylic acids is 1. The molecule has 0 aromatic heterocycles. The average Bonchev–Trinajstić information content (AvgIpc) is 2.70. The maximum absolute atomic E-state index is 12.4. The van der Waals surface area contributed by atoms with Gasteiger partial charge in [0, 0.05) is 18.6 Å². The SMILES string of the molecule is CC1=C(C)C(C)(C)CC(OC(=O)CNC(=O)C(CS)NC(=O)CCC(N)C(=O)O)C1=O. The molecule has 0 aliphatic heterocycles. The van der Waals surface area contributed by atoms with Crippen molar-refractivity contribution in [2.75, 3.05) is 12.3 Å². The zero-order chi connectivity index (χ0) is 23.9. The molecular weight excluding hydrogens is 426 g/mol. The normalized spacial score (nSPS) is 19.9. The number of esters is 1. The highest BCUT2D eigenvalue weighted by atomic mass is 32.1. The van der Waals surface area contributed by atoms with Crippen LogP contribution in [-0.4, -0.2) is 65.1 Å². The van der Waals surface area contributed by atoms with Gasteiger partial charge < -0.3 is 26.2 Å². The fraction of sp³-hybridized carbons (Fsp3) is 0.650. The van der Waals surface area contributed by atoms with Gasteiger partial charge in [-0.15, -0.1) is 0 Å². The Labute approximate surface area is 186 Å². The minimum atomic E-state index is -1.23. The van der Waals surface area contributed by atoms with Crippen LogP contribution >= 0.6 is 12.6 Å². The van der Waals surface area contributed by atoms with Crippen molar-refractivity contribution in [1.29, 1.82) is 0 Å². The quantitative estimate of drug-likeness (QED) is 0.225. The van der Waals surface area contributed by atoms with Crippen LogP contribution in [0.2, 0.25) is 0 Å². The predicted molar refractivity (Wildman–Crippen MR) is 115 cm³/mol. The summed E-state index contributed by atoms with van der Waals surface area (Å²) < 4.78 is 5.28. The highest BCUT2D eigenvalue weighted by molar-refractivity contribution is 7.80. The van der Waals surface area contributed by atoms with Crippen LogP contribution < -0.4 is 16.4 Å². The van der Waals surface area contributed by atoms with Gasteiger partial charge >= 0.3 is 11.9 Å². The number of ketones is 1. The fourth-order valence-corrected chi connectivity index (χ4v) is 3.35. The molecule has 1 aliphatic carbocycles. The zero-order valence-corrected chi connectivity index (χ0v) is 19.1. The van der Waals surface area contributed by atoms with Gasteiger partial charge in [-0.05, 0) is 31.3 Å². The minimum Gasteiger partial charge on any atom is -0.480 e. The number of hydrogen-bond acceptors (Lipinski definition) is 8. The van der Waals surface area contributed by atoms with E-state index in [1.165, 1.54) is 0 Å². The van der Waals surface area contributed by atoms with Crippen LogP contribution in [0.3, 0.4) is 0 Å². The second-order valence-corrected chi connectivity index (χ2v) is 8.55. The molecule has 31 heavy (non-hydrogen) atoms. The lowest BCUT2D eigenvalue weighted by atomic mass is 9.72. The summed E-state index contributed by atoms with van der Waals surface area (Å²) in [6.07, 6.45) is -0.837. The number of thiol groups is 1. The summed E-state index contributed by atoms with van der Waals surface area (Å²) in [4.78, 5) is 59.4. The highest BCUT2D eigenvalue weighted by Gasteiger charge is 2.39. The van der Waals surface area contributed by atoms with Crippen LogP contribution in [-0.2, 0) is 28.7 Å². The molecule has 11 heteroatoms. The van der Waals surface area contributed by atoms with Crippen molar-refractivity contribution in [2.45, 2.75) is 65.1 Å². The standard InChI is InChI=1S/C20H31N3O7S/c1-10-11(2)20(3,4)7-14(17(10)26)30-16(25)8-22-18(27)13(9-31)23-15(24)6-5-12(21)19(28)29/h12-14,31H,5-9,21H2,1-4H3,(H,22,27)(H,23,24)(H,28,29). The van der Waals surface area contributed by atoms with Gasteiger partial charge in [0.15, 0.2) is 11.9 Å². The number of carboxylic acid groups (broad SMARTS) is 1. The lowest BCUT2D eigenvalue weighted by Gasteiger charge is -2.36. The van der Waals surface area contributed by atoms with Crippen molar-refractivity contribution in [1.82, 2.24) is 10.6 Å². The summed E-state index contributed by atoms with van der Waals surface area (Å²) in [5, 5.41) is 13.5. The molecule has 3 unspecified atom stereocenters. The van der Waals surface area contributed by atoms with E-state index in [0.717, 1.165) is 5.57 Å². The van der Waals surface area contributed by atoms with Crippen LogP contribution in [0, 0.1) is 5.41 Å². The van der Waals surface area contributed by atoms with E-state index < -0.39 is 48.5 Å². The van der Waals surface area contributed by atoms with E-state index in [1.807, 2.05) is 20.8 Å². The van der Waals surface area contributed by atoms with Crippen LogP contribution in [0.25, 0.3) is 0 Å².